The average Bonchev–Trinajstić information content (AvgIpc) is 1.50. The van der Waals surface area contributed by atoms with Crippen LogP contribution in [0, 0.1) is 0 Å². The second-order valence-corrected chi connectivity index (χ2v) is 0. The minimum atomic E-state index is 2.07. The Hall–Kier alpha value is 2.32. The third-order valence-corrected chi connectivity index (χ3v) is 0. The Labute approximate surface area is 57.3 Å². The first-order chi connectivity index (χ1) is 2.00. The van der Waals surface area contributed by atoms with E-state index in [2.05, 4.69) is 57.8 Å². The Morgan fingerprint density at radius 2 is 0.750 bits per heavy atom. The van der Waals surface area contributed by atoms with Crippen LogP contribution in [0.2, 0.25) is 0 Å². The van der Waals surface area contributed by atoms with Crippen LogP contribution in [0.15, 0.2) is 0 Å². The van der Waals surface area contributed by atoms with Gasteiger partial charge >= 0.3 is 0 Å². The molecule has 0 nitrogen and oxygen atoms in total. The molecule has 0 aliphatic carbocycles. The summed E-state index contributed by atoms with van der Waals surface area (Å²) in [4.78, 5) is 0. The molecule has 4 heteroatoms. The molecule has 28 valence electrons. The Kier molecular flexibility index (Phi) is 44.2. The lowest BCUT2D eigenvalue weighted by Gasteiger charge is -1.07. The number of hydrogen-bond donors (Lipinski definition) is 0. The number of rotatable bonds is 0. The van der Waals surface area contributed by atoms with E-state index < -0.39 is 0 Å². The topological polar surface area (TPSA) is 0 Å². The van der Waals surface area contributed by atoms with Gasteiger partial charge in [-0.3, -0.25) is 0 Å². The summed E-state index contributed by atoms with van der Waals surface area (Å²) in [6.07, 6.45) is 0. The maximum Gasteiger partial charge on any atom is -0.0610 e. The Bertz CT molecular complexity index is 4.00. The molecule has 0 heterocycles. The molecule has 2 atom stereocenters. The van der Waals surface area contributed by atoms with Gasteiger partial charge in [-0.1, -0.05) is 57.8 Å². The quantitative estimate of drug-likeness (QED) is 0.475. The molecule has 0 aromatic heterocycles. The fraction of sp³-hybridized carbons (Fsp3) is 0. The first-order valence-corrected chi connectivity index (χ1v) is 8.78. The number of hydrogen-bond acceptors (Lipinski definition) is 0. The zero-order valence-corrected chi connectivity index (χ0v) is 8.54. The summed E-state index contributed by atoms with van der Waals surface area (Å²) in [5.41, 5.74) is 0. The van der Waals surface area contributed by atoms with Crippen LogP contribution in [0.5, 0.6) is 0 Å². The van der Waals surface area contributed by atoms with E-state index in [9.17, 15) is 0 Å². The Morgan fingerprint density at radius 3 is 0.750 bits per heavy atom. The third-order valence-electron chi connectivity index (χ3n) is 0. The molecule has 4 heavy (non-hydrogen) atoms. The second-order valence-electron chi connectivity index (χ2n) is 0. The van der Waals surface area contributed by atoms with E-state index in [1.807, 2.05) is 0 Å². The van der Waals surface area contributed by atoms with E-state index in [1.165, 1.54) is 0 Å². The van der Waals surface area contributed by atoms with Gasteiger partial charge in [0, 0.05) is 0 Å². The smallest absolute Gasteiger partial charge is 0.0610 e. The molecule has 0 aliphatic heterocycles. The molecule has 0 saturated carbocycles. The monoisotopic (exact) mass is 320 g/mol. The van der Waals surface area contributed by atoms with Crippen molar-refractivity contribution < 1.29 is 0 Å². The summed E-state index contributed by atoms with van der Waals surface area (Å²) in [6.45, 7) is 4.77. The number of halogens is 2. The Morgan fingerprint density at radius 1 is 0.750 bits per heavy atom. The van der Waals surface area contributed by atoms with Crippen molar-refractivity contribution >= 4 is 57.8 Å². The van der Waals surface area contributed by atoms with E-state index in [0.29, 0.717) is 0 Å². The molecule has 0 radical (unpaired) electrons. The van der Waals surface area contributed by atoms with E-state index in [1.54, 1.807) is 0 Å². The highest BCUT2D eigenvalue weighted by Gasteiger charge is 0.936. The van der Waals surface area contributed by atoms with Crippen molar-refractivity contribution in [3.05, 3.63) is 0 Å². The van der Waals surface area contributed by atoms with Crippen molar-refractivity contribution in [3.8, 4) is 0 Å². The van der Waals surface area contributed by atoms with Gasteiger partial charge in [-0.2, -0.15) is 0 Å². The minimum absolute atomic E-state index is 2.07. The highest BCUT2D eigenvalue weighted by Crippen LogP contribution is 1.88. The minimum Gasteiger partial charge on any atom is -0.0702 e. The molecule has 0 fully saturated rings. The molecule has 0 N–H and O–H groups in total. The first-order valence-electron chi connectivity index (χ1n) is 0.436. The lowest BCUT2D eigenvalue weighted by atomic mass is 31.0. The van der Waals surface area contributed by atoms with Crippen LogP contribution in [0.1, 0.15) is 0 Å². The lowest BCUT2D eigenvalue weighted by Crippen LogP contribution is -0.127. The molecule has 0 bridgehead atoms. The molecule has 2 unspecified atom stereocenters. The van der Waals surface area contributed by atoms with Crippen molar-refractivity contribution in [2.24, 2.45) is 0 Å². The summed E-state index contributed by atoms with van der Waals surface area (Å²) >= 11 is 4.13. The maximum absolute atomic E-state index is 2.39. The average molecular weight is 320 g/mol. The van der Waals surface area contributed by atoms with E-state index >= 15 is 0 Å². The van der Waals surface area contributed by atoms with Crippen molar-refractivity contribution in [1.82, 2.24) is 0 Å². The van der Waals surface area contributed by atoms with Crippen LogP contribution < -0.4 is 0 Å². The van der Waals surface area contributed by atoms with Crippen LogP contribution in [-0.4, -0.2) is 0 Å². The Balaban J connectivity index is 0. The van der Waals surface area contributed by atoms with Gasteiger partial charge in [0.25, 0.3) is 0 Å². The van der Waals surface area contributed by atoms with Gasteiger partial charge in [-0.15, -0.1) is 0 Å². The summed E-state index contributed by atoms with van der Waals surface area (Å²) in [5, 5.41) is 0. The molecule has 0 amide bonds. The van der Waals surface area contributed by atoms with Gasteiger partial charge in [-0.05, 0) is 0 Å². The largest absolute Gasteiger partial charge is 0.0702 e. The van der Waals surface area contributed by atoms with Gasteiger partial charge in [-0.25, -0.2) is 0 Å². The summed E-state index contributed by atoms with van der Waals surface area (Å²) in [5.74, 6) is 0. The summed E-state index contributed by atoms with van der Waals surface area (Å²) < 4.78 is 0. The van der Waals surface area contributed by atoms with E-state index in [4.69, 9.17) is 0 Å². The van der Waals surface area contributed by atoms with E-state index in [-0.39, 0.29) is 0 Å². The van der Waals surface area contributed by atoms with Crippen molar-refractivity contribution in [2.45, 2.75) is 0 Å². The highest BCUT2D eigenvalue weighted by molar-refractivity contribution is 14.2. The normalized spacial score (nSPS) is 3.00. The van der Waals surface area contributed by atoms with Gasteiger partial charge in [0.1, 0.15) is 0 Å². The molecule has 0 saturated heterocycles. The molecule has 0 aliphatic rings. The third kappa shape index (κ3) is 8.85. The second kappa shape index (κ2) is 18.4. The lowest BCUT2D eigenvalue weighted by molar-refractivity contribution is 6.78. The van der Waals surface area contributed by atoms with Gasteiger partial charge in [0.2, 0.25) is 0 Å². The van der Waals surface area contributed by atoms with Crippen LogP contribution in [0.4, 0.5) is 0 Å². The van der Waals surface area contributed by atoms with Crippen molar-refractivity contribution in [2.75, 3.05) is 0 Å². The molecule has 0 aromatic carbocycles. The molecular formula is H4I2P2. The summed E-state index contributed by atoms with van der Waals surface area (Å²) in [6, 6.07) is 0. The summed E-state index contributed by atoms with van der Waals surface area (Å²) in [7, 11) is 0. The zero-order chi connectivity index (χ0) is 4.00. The van der Waals surface area contributed by atoms with Crippen LogP contribution in [-0.2, 0) is 0 Å². The van der Waals surface area contributed by atoms with Crippen molar-refractivity contribution in [3.63, 3.8) is 0 Å². The standard InChI is InChI=1S/2H2IP/c2*1-2/h2*2H2. The predicted molar refractivity (Wildman–Crippen MR) is 47.5 cm³/mol. The van der Waals surface area contributed by atoms with Gasteiger partial charge < -0.3 is 0 Å². The predicted octanol–water partition coefficient (Wildman–Crippen LogP) is 2.42. The van der Waals surface area contributed by atoms with Gasteiger partial charge in [0.05, 0.1) is 0 Å². The molecule has 0 spiro atoms. The van der Waals surface area contributed by atoms with Crippen LogP contribution in [0.25, 0.3) is 0 Å². The van der Waals surface area contributed by atoms with Crippen LogP contribution >= 0.6 is 57.8 Å². The molecule has 0 aromatic rings. The van der Waals surface area contributed by atoms with Crippen molar-refractivity contribution in [1.29, 1.82) is 0 Å². The SMILES string of the molecule is PI.PI. The molecular weight excluding hydrogens is 316 g/mol. The highest BCUT2D eigenvalue weighted by atomic mass is 127. The van der Waals surface area contributed by atoms with E-state index in [0.717, 1.165) is 0 Å². The maximum atomic E-state index is 2.39. The molecule has 0 rings (SSSR count). The fourth-order valence-electron chi connectivity index (χ4n) is 0. The van der Waals surface area contributed by atoms with Gasteiger partial charge in [0.15, 0.2) is 0 Å². The fourth-order valence-corrected chi connectivity index (χ4v) is 0. The zero-order valence-electron chi connectivity index (χ0n) is 1.91. The first kappa shape index (κ1) is 9.58. The van der Waals surface area contributed by atoms with Crippen LogP contribution in [0.3, 0.4) is 0 Å².